The van der Waals surface area contributed by atoms with E-state index in [1.54, 1.807) is 21.6 Å². The van der Waals surface area contributed by atoms with E-state index in [1.165, 1.54) is 6.20 Å². The zero-order chi connectivity index (χ0) is 15.1. The molecule has 0 unspecified atom stereocenters. The van der Waals surface area contributed by atoms with Gasteiger partial charge in [-0.3, -0.25) is 4.68 Å². The summed E-state index contributed by atoms with van der Waals surface area (Å²) in [5, 5.41) is 11.5. The number of rotatable bonds is 2. The summed E-state index contributed by atoms with van der Waals surface area (Å²) in [6.45, 7) is 1.64. The maximum atomic E-state index is 14.1. The van der Waals surface area contributed by atoms with Gasteiger partial charge in [0, 0.05) is 25.4 Å². The lowest BCUT2D eigenvalue weighted by atomic mass is 10.0. The van der Waals surface area contributed by atoms with Gasteiger partial charge in [0.25, 0.3) is 0 Å². The molecule has 112 valence electrons. The molecule has 22 heavy (non-hydrogen) atoms. The summed E-state index contributed by atoms with van der Waals surface area (Å²) in [5.74, 6) is -0.348. The van der Waals surface area contributed by atoms with Crippen molar-refractivity contribution in [3.63, 3.8) is 0 Å². The third kappa shape index (κ3) is 2.10. The molecule has 0 aliphatic carbocycles. The highest BCUT2D eigenvalue weighted by atomic mass is 19.1. The van der Waals surface area contributed by atoms with E-state index < -0.39 is 0 Å². The minimum absolute atomic E-state index is 0.348. The van der Waals surface area contributed by atoms with Gasteiger partial charge in [0.1, 0.15) is 5.52 Å². The monoisotopic (exact) mass is 298 g/mol. The van der Waals surface area contributed by atoms with Crippen LogP contribution in [0.4, 0.5) is 4.39 Å². The molecular formula is C15H15FN6. The fourth-order valence-corrected chi connectivity index (χ4v) is 2.73. The summed E-state index contributed by atoms with van der Waals surface area (Å²) >= 11 is 0. The molecule has 4 rings (SSSR count). The van der Waals surface area contributed by atoms with Gasteiger partial charge in [0.2, 0.25) is 0 Å². The van der Waals surface area contributed by atoms with E-state index in [1.807, 2.05) is 13.2 Å². The first-order valence-electron chi connectivity index (χ1n) is 7.15. The van der Waals surface area contributed by atoms with Gasteiger partial charge in [-0.2, -0.15) is 10.2 Å². The van der Waals surface area contributed by atoms with Gasteiger partial charge in [0.15, 0.2) is 5.82 Å². The highest BCUT2D eigenvalue weighted by molar-refractivity contribution is 5.78. The molecule has 3 aromatic rings. The maximum absolute atomic E-state index is 14.1. The number of hydrogen-bond acceptors (Lipinski definition) is 4. The molecule has 0 saturated carbocycles. The standard InChI is InChI=1S/C15H15FN6/c1-21-8-11(6-18-21)13-9-22-15(12(16)7-19-22)14(20-13)10-2-4-17-5-3-10/h2,6-9,17H,3-5H2,1H3. The van der Waals surface area contributed by atoms with E-state index in [2.05, 4.69) is 21.6 Å². The number of nitrogens with zero attached hydrogens (tertiary/aromatic N) is 5. The van der Waals surface area contributed by atoms with Crippen molar-refractivity contribution in [2.45, 2.75) is 6.42 Å². The summed E-state index contributed by atoms with van der Waals surface area (Å²) in [7, 11) is 1.85. The number of halogens is 1. The topological polar surface area (TPSA) is 60.0 Å². The van der Waals surface area contributed by atoms with Crippen LogP contribution in [-0.4, -0.2) is 37.5 Å². The predicted octanol–water partition coefficient (Wildman–Crippen LogP) is 1.65. The first-order chi connectivity index (χ1) is 10.7. The van der Waals surface area contributed by atoms with Crippen LogP contribution in [0.2, 0.25) is 0 Å². The van der Waals surface area contributed by atoms with Crippen LogP contribution in [0.5, 0.6) is 0 Å². The van der Waals surface area contributed by atoms with Crippen LogP contribution < -0.4 is 5.32 Å². The number of aryl methyl sites for hydroxylation is 1. The Balaban J connectivity index is 1.95. The fraction of sp³-hybridized carbons (Fsp3) is 0.267. The van der Waals surface area contributed by atoms with Gasteiger partial charge < -0.3 is 5.32 Å². The third-order valence-corrected chi connectivity index (χ3v) is 3.82. The van der Waals surface area contributed by atoms with Gasteiger partial charge in [-0.25, -0.2) is 13.9 Å². The molecule has 0 fully saturated rings. The molecule has 1 aliphatic rings. The van der Waals surface area contributed by atoms with Gasteiger partial charge in [-0.05, 0) is 18.5 Å². The van der Waals surface area contributed by atoms with Gasteiger partial charge in [-0.15, -0.1) is 0 Å². The second-order valence-corrected chi connectivity index (χ2v) is 5.35. The van der Waals surface area contributed by atoms with Crippen molar-refractivity contribution in [1.29, 1.82) is 0 Å². The maximum Gasteiger partial charge on any atom is 0.171 e. The number of aromatic nitrogens is 5. The fourth-order valence-electron chi connectivity index (χ4n) is 2.73. The van der Waals surface area contributed by atoms with E-state index in [0.717, 1.165) is 36.3 Å². The van der Waals surface area contributed by atoms with E-state index in [9.17, 15) is 4.39 Å². The largest absolute Gasteiger partial charge is 0.313 e. The Morgan fingerprint density at radius 3 is 2.86 bits per heavy atom. The molecule has 0 radical (unpaired) electrons. The van der Waals surface area contributed by atoms with Crippen molar-refractivity contribution >= 4 is 11.1 Å². The Labute approximate surface area is 126 Å². The average Bonchev–Trinajstić information content (AvgIpc) is 3.14. The molecule has 0 spiro atoms. The highest BCUT2D eigenvalue weighted by Gasteiger charge is 2.18. The van der Waals surface area contributed by atoms with E-state index in [-0.39, 0.29) is 5.82 Å². The van der Waals surface area contributed by atoms with Gasteiger partial charge >= 0.3 is 0 Å². The predicted molar refractivity (Wildman–Crippen MR) is 80.6 cm³/mol. The smallest absolute Gasteiger partial charge is 0.171 e. The molecule has 0 saturated heterocycles. The van der Waals surface area contributed by atoms with Crippen molar-refractivity contribution < 1.29 is 4.39 Å². The second kappa shape index (κ2) is 5.03. The van der Waals surface area contributed by atoms with Crippen LogP contribution in [0.25, 0.3) is 22.3 Å². The molecule has 0 amide bonds. The molecule has 1 aliphatic heterocycles. The minimum Gasteiger partial charge on any atom is -0.313 e. The molecule has 6 nitrogen and oxygen atoms in total. The Morgan fingerprint density at radius 1 is 1.23 bits per heavy atom. The van der Waals surface area contributed by atoms with E-state index in [4.69, 9.17) is 4.98 Å². The molecular weight excluding hydrogens is 283 g/mol. The van der Waals surface area contributed by atoms with Crippen molar-refractivity contribution in [1.82, 2.24) is 29.7 Å². The average molecular weight is 298 g/mol. The van der Waals surface area contributed by atoms with Crippen LogP contribution in [0.1, 0.15) is 12.1 Å². The molecule has 3 aromatic heterocycles. The minimum atomic E-state index is -0.348. The lowest BCUT2D eigenvalue weighted by Gasteiger charge is -2.15. The SMILES string of the molecule is Cn1cc(-c2cn3ncc(F)c3c(C3=CCNCC3)n2)cn1. The van der Waals surface area contributed by atoms with Crippen molar-refractivity contribution in [3.05, 3.63) is 42.4 Å². The zero-order valence-corrected chi connectivity index (χ0v) is 12.1. The Hall–Kier alpha value is -2.54. The Bertz CT molecular complexity index is 875. The quantitative estimate of drug-likeness (QED) is 0.781. The molecule has 0 bridgehead atoms. The Morgan fingerprint density at radius 2 is 2.14 bits per heavy atom. The molecule has 0 aromatic carbocycles. The summed E-state index contributed by atoms with van der Waals surface area (Å²) < 4.78 is 17.4. The molecule has 7 heteroatoms. The van der Waals surface area contributed by atoms with Crippen molar-refractivity contribution in [3.8, 4) is 11.3 Å². The lowest BCUT2D eigenvalue weighted by molar-refractivity contribution is 0.638. The van der Waals surface area contributed by atoms with E-state index >= 15 is 0 Å². The number of nitrogens with one attached hydrogen (secondary N) is 1. The summed E-state index contributed by atoms with van der Waals surface area (Å²) in [6.07, 6.45) is 9.48. The molecule has 0 atom stereocenters. The highest BCUT2D eigenvalue weighted by Crippen LogP contribution is 2.27. The normalized spacial score (nSPS) is 15.3. The number of hydrogen-bond donors (Lipinski definition) is 1. The summed E-state index contributed by atoms with van der Waals surface area (Å²) in [6, 6.07) is 0. The second-order valence-electron chi connectivity index (χ2n) is 5.35. The van der Waals surface area contributed by atoms with Crippen LogP contribution in [0.3, 0.4) is 0 Å². The zero-order valence-electron chi connectivity index (χ0n) is 12.1. The lowest BCUT2D eigenvalue weighted by Crippen LogP contribution is -2.20. The van der Waals surface area contributed by atoms with Crippen LogP contribution in [0.15, 0.2) is 30.9 Å². The van der Waals surface area contributed by atoms with Crippen molar-refractivity contribution in [2.75, 3.05) is 13.1 Å². The van der Waals surface area contributed by atoms with Gasteiger partial charge in [-0.1, -0.05) is 6.08 Å². The summed E-state index contributed by atoms with van der Waals surface area (Å²) in [4.78, 5) is 4.69. The number of fused-ring (bicyclic) bond motifs is 1. The van der Waals surface area contributed by atoms with E-state index in [0.29, 0.717) is 11.2 Å². The Kier molecular flexibility index (Phi) is 3.00. The van der Waals surface area contributed by atoms with Crippen LogP contribution in [-0.2, 0) is 7.05 Å². The first-order valence-corrected chi connectivity index (χ1v) is 7.15. The summed E-state index contributed by atoms with van der Waals surface area (Å²) in [5.41, 5.74) is 3.77. The molecule has 1 N–H and O–H groups in total. The van der Waals surface area contributed by atoms with Crippen molar-refractivity contribution in [2.24, 2.45) is 7.05 Å². The van der Waals surface area contributed by atoms with Crippen LogP contribution >= 0.6 is 0 Å². The van der Waals surface area contributed by atoms with Gasteiger partial charge in [0.05, 0.1) is 30.0 Å². The first kappa shape index (κ1) is 13.1. The molecule has 4 heterocycles. The van der Waals surface area contributed by atoms with Crippen LogP contribution in [0, 0.1) is 5.82 Å². The third-order valence-electron chi connectivity index (χ3n) is 3.82.